The lowest BCUT2D eigenvalue weighted by Gasteiger charge is -2.32. The first-order valence-corrected chi connectivity index (χ1v) is 6.89. The van der Waals surface area contributed by atoms with E-state index < -0.39 is 12.0 Å². The van der Waals surface area contributed by atoms with Crippen LogP contribution in [0.4, 0.5) is 0 Å². The maximum absolute atomic E-state index is 12.2. The molecule has 1 aliphatic rings. The lowest BCUT2D eigenvalue weighted by Crippen LogP contribution is -2.55. The van der Waals surface area contributed by atoms with Crippen LogP contribution in [0.15, 0.2) is 24.3 Å². The van der Waals surface area contributed by atoms with Gasteiger partial charge in [0.2, 0.25) is 11.8 Å². The Morgan fingerprint density at radius 2 is 2.10 bits per heavy atom. The Labute approximate surface area is 122 Å². The fourth-order valence-corrected chi connectivity index (χ4v) is 2.46. The minimum atomic E-state index is -0.997. The summed E-state index contributed by atoms with van der Waals surface area (Å²) in [4.78, 5) is 36.4. The third-order valence-corrected chi connectivity index (χ3v) is 3.68. The molecule has 2 N–H and O–H groups in total. The molecule has 1 fully saturated rings. The van der Waals surface area contributed by atoms with Gasteiger partial charge < -0.3 is 15.3 Å². The van der Waals surface area contributed by atoms with Gasteiger partial charge in [-0.2, -0.15) is 0 Å². The first-order valence-electron chi connectivity index (χ1n) is 6.89. The van der Waals surface area contributed by atoms with E-state index in [1.54, 1.807) is 30.0 Å². The van der Waals surface area contributed by atoms with Gasteiger partial charge in [-0.05, 0) is 25.0 Å². The fourth-order valence-electron chi connectivity index (χ4n) is 2.46. The van der Waals surface area contributed by atoms with E-state index in [9.17, 15) is 14.4 Å². The highest BCUT2D eigenvalue weighted by molar-refractivity contribution is 5.90. The number of nitrogens with one attached hydrogen (secondary N) is 1. The Morgan fingerprint density at radius 3 is 2.81 bits per heavy atom. The number of rotatable bonds is 4. The molecular weight excluding hydrogens is 272 g/mol. The van der Waals surface area contributed by atoms with Crippen molar-refractivity contribution in [3.63, 3.8) is 0 Å². The molecule has 0 spiro atoms. The second kappa shape index (κ2) is 6.39. The second-order valence-corrected chi connectivity index (χ2v) is 5.02. The normalized spacial score (nSPS) is 18.2. The van der Waals surface area contributed by atoms with Crippen LogP contribution in [0.1, 0.15) is 29.3 Å². The third kappa shape index (κ3) is 3.39. The number of carboxylic acids is 1. The van der Waals surface area contributed by atoms with Crippen LogP contribution in [-0.4, -0.2) is 46.9 Å². The molecule has 1 saturated heterocycles. The molecule has 1 aromatic rings. The molecule has 1 unspecified atom stereocenters. The van der Waals surface area contributed by atoms with E-state index in [1.165, 1.54) is 6.07 Å². The molecule has 0 saturated carbocycles. The molecule has 112 valence electrons. The van der Waals surface area contributed by atoms with Crippen molar-refractivity contribution in [1.29, 1.82) is 0 Å². The molecular formula is C15H18N2O4. The summed E-state index contributed by atoms with van der Waals surface area (Å²) in [6.45, 7) is 2.64. The van der Waals surface area contributed by atoms with Crippen LogP contribution in [0, 0.1) is 0 Å². The standard InChI is InChI=1S/C15H18N2O4/c1-10-14(19)16-8-9-17(10)13(18)7-6-11-4-2-3-5-12(11)15(20)21/h2-5,10H,6-9H2,1H3,(H,16,19)(H,20,21). The molecule has 0 aromatic heterocycles. The third-order valence-electron chi connectivity index (χ3n) is 3.68. The van der Waals surface area contributed by atoms with E-state index in [-0.39, 0.29) is 23.8 Å². The van der Waals surface area contributed by atoms with Crippen molar-refractivity contribution >= 4 is 17.8 Å². The van der Waals surface area contributed by atoms with Gasteiger partial charge in [-0.3, -0.25) is 9.59 Å². The number of aryl methyl sites for hydroxylation is 1. The summed E-state index contributed by atoms with van der Waals surface area (Å²) >= 11 is 0. The Morgan fingerprint density at radius 1 is 1.38 bits per heavy atom. The number of benzene rings is 1. The van der Waals surface area contributed by atoms with Crippen LogP contribution >= 0.6 is 0 Å². The summed E-state index contributed by atoms with van der Waals surface area (Å²) in [6, 6.07) is 6.18. The average molecular weight is 290 g/mol. The number of hydrogen-bond acceptors (Lipinski definition) is 3. The van der Waals surface area contributed by atoms with Gasteiger partial charge in [0.05, 0.1) is 5.56 Å². The minimum Gasteiger partial charge on any atom is -0.478 e. The van der Waals surface area contributed by atoms with Crippen molar-refractivity contribution in [2.24, 2.45) is 0 Å². The van der Waals surface area contributed by atoms with E-state index in [0.29, 0.717) is 25.1 Å². The summed E-state index contributed by atoms with van der Waals surface area (Å²) in [5, 5.41) is 11.8. The van der Waals surface area contributed by atoms with E-state index in [4.69, 9.17) is 5.11 Å². The number of hydrogen-bond donors (Lipinski definition) is 2. The molecule has 1 atom stereocenters. The number of piperazine rings is 1. The first-order chi connectivity index (χ1) is 10.0. The second-order valence-electron chi connectivity index (χ2n) is 5.02. The molecule has 6 nitrogen and oxygen atoms in total. The van der Waals surface area contributed by atoms with Gasteiger partial charge >= 0.3 is 5.97 Å². The maximum atomic E-state index is 12.2. The predicted octanol–water partition coefficient (Wildman–Crippen LogP) is 0.664. The number of carbonyl (C=O) groups excluding carboxylic acids is 2. The monoisotopic (exact) mass is 290 g/mol. The van der Waals surface area contributed by atoms with Gasteiger partial charge in [0.1, 0.15) is 6.04 Å². The SMILES string of the molecule is CC1C(=O)NCCN1C(=O)CCc1ccccc1C(=O)O. The predicted molar refractivity (Wildman–Crippen MR) is 75.9 cm³/mol. The van der Waals surface area contributed by atoms with Crippen LogP contribution < -0.4 is 5.32 Å². The van der Waals surface area contributed by atoms with Crippen molar-refractivity contribution in [1.82, 2.24) is 10.2 Å². The fraction of sp³-hybridized carbons (Fsp3) is 0.400. The number of carbonyl (C=O) groups is 3. The highest BCUT2D eigenvalue weighted by atomic mass is 16.4. The van der Waals surface area contributed by atoms with E-state index in [1.807, 2.05) is 0 Å². The van der Waals surface area contributed by atoms with Crippen molar-refractivity contribution < 1.29 is 19.5 Å². The molecule has 0 aliphatic carbocycles. The molecule has 1 aromatic carbocycles. The minimum absolute atomic E-state index is 0.127. The number of carboxylic acid groups (broad SMARTS) is 1. The number of amides is 2. The summed E-state index contributed by atoms with van der Waals surface area (Å²) in [6.07, 6.45) is 0.550. The largest absolute Gasteiger partial charge is 0.478 e. The van der Waals surface area contributed by atoms with Crippen molar-refractivity contribution in [3.05, 3.63) is 35.4 Å². The van der Waals surface area contributed by atoms with Gasteiger partial charge in [-0.1, -0.05) is 18.2 Å². The van der Waals surface area contributed by atoms with Crippen LogP contribution in [0.25, 0.3) is 0 Å². The van der Waals surface area contributed by atoms with Gasteiger partial charge in [-0.25, -0.2) is 4.79 Å². The zero-order valence-corrected chi connectivity index (χ0v) is 11.8. The summed E-state index contributed by atoms with van der Waals surface area (Å²) in [5.41, 5.74) is 0.849. The quantitative estimate of drug-likeness (QED) is 0.853. The van der Waals surface area contributed by atoms with E-state index in [0.717, 1.165) is 0 Å². The van der Waals surface area contributed by atoms with Crippen LogP contribution in [0.5, 0.6) is 0 Å². The molecule has 21 heavy (non-hydrogen) atoms. The molecule has 1 heterocycles. The van der Waals surface area contributed by atoms with Crippen LogP contribution in [0.2, 0.25) is 0 Å². The van der Waals surface area contributed by atoms with E-state index in [2.05, 4.69) is 5.32 Å². The number of nitrogens with zero attached hydrogens (tertiary/aromatic N) is 1. The maximum Gasteiger partial charge on any atom is 0.335 e. The Kier molecular flexibility index (Phi) is 4.57. The summed E-state index contributed by atoms with van der Waals surface area (Å²) < 4.78 is 0. The molecule has 0 radical (unpaired) electrons. The zero-order valence-electron chi connectivity index (χ0n) is 11.8. The average Bonchev–Trinajstić information content (AvgIpc) is 2.47. The zero-order chi connectivity index (χ0) is 15.4. The van der Waals surface area contributed by atoms with Crippen molar-refractivity contribution in [3.8, 4) is 0 Å². The highest BCUT2D eigenvalue weighted by Gasteiger charge is 2.28. The Balaban J connectivity index is 2.01. The Hall–Kier alpha value is -2.37. The van der Waals surface area contributed by atoms with Gasteiger partial charge in [0.15, 0.2) is 0 Å². The molecule has 2 amide bonds. The molecule has 1 aliphatic heterocycles. The van der Waals surface area contributed by atoms with E-state index >= 15 is 0 Å². The lowest BCUT2D eigenvalue weighted by molar-refractivity contribution is -0.142. The van der Waals surface area contributed by atoms with Gasteiger partial charge in [-0.15, -0.1) is 0 Å². The summed E-state index contributed by atoms with van der Waals surface area (Å²) in [7, 11) is 0. The Bertz CT molecular complexity index is 571. The van der Waals surface area contributed by atoms with Gasteiger partial charge in [0, 0.05) is 19.5 Å². The van der Waals surface area contributed by atoms with Crippen molar-refractivity contribution in [2.75, 3.05) is 13.1 Å². The topological polar surface area (TPSA) is 86.7 Å². The lowest BCUT2D eigenvalue weighted by atomic mass is 10.0. The highest BCUT2D eigenvalue weighted by Crippen LogP contribution is 2.13. The molecule has 2 rings (SSSR count). The molecule has 6 heteroatoms. The van der Waals surface area contributed by atoms with Crippen molar-refractivity contribution in [2.45, 2.75) is 25.8 Å². The summed E-state index contributed by atoms with van der Waals surface area (Å²) in [5.74, 6) is -1.28. The smallest absolute Gasteiger partial charge is 0.335 e. The first kappa shape index (κ1) is 15.0. The van der Waals surface area contributed by atoms with Crippen LogP contribution in [-0.2, 0) is 16.0 Å². The van der Waals surface area contributed by atoms with Gasteiger partial charge in [0.25, 0.3) is 0 Å². The number of aromatic carboxylic acids is 1. The molecule has 0 bridgehead atoms. The van der Waals surface area contributed by atoms with Crippen LogP contribution in [0.3, 0.4) is 0 Å².